The summed E-state index contributed by atoms with van der Waals surface area (Å²) in [5, 5.41) is 11.3. The van der Waals surface area contributed by atoms with Gasteiger partial charge in [-0.3, -0.25) is 9.59 Å². The van der Waals surface area contributed by atoms with Gasteiger partial charge < -0.3 is 10.8 Å². The number of nitrogens with two attached hydrogens (primary N) is 1. The third-order valence-electron chi connectivity index (χ3n) is 4.21. The number of phenolic OH excluding ortho intramolecular Hbond substituents is 1. The molecule has 0 heterocycles. The lowest BCUT2D eigenvalue weighted by atomic mass is 9.95. The maximum Gasteiger partial charge on any atom is 0.176 e. The summed E-state index contributed by atoms with van der Waals surface area (Å²) in [5.74, 6) is -0.125. The Kier molecular flexibility index (Phi) is 4.15. The molecule has 3 aromatic rings. The van der Waals surface area contributed by atoms with Gasteiger partial charge in [-0.1, -0.05) is 30.3 Å². The van der Waals surface area contributed by atoms with Gasteiger partial charge in [-0.05, 0) is 52.6 Å². The lowest BCUT2D eigenvalue weighted by molar-refractivity contribution is 0.100. The van der Waals surface area contributed by atoms with Gasteiger partial charge in [-0.25, -0.2) is 0 Å². The fourth-order valence-corrected chi connectivity index (χ4v) is 2.86. The number of carbonyl (C=O) groups excluding carboxylic acids is 2. The van der Waals surface area contributed by atoms with E-state index in [0.717, 1.165) is 22.1 Å². The number of ketones is 1. The highest BCUT2D eigenvalue weighted by Crippen LogP contribution is 2.30. The van der Waals surface area contributed by atoms with Gasteiger partial charge in [-0.15, -0.1) is 0 Å². The standard InChI is InChI=1S/C20H17NO3/c1-12-2-3-14(9-17(12)20(24)10-21)13-4-6-16-15(8-13)5-7-19(23)18(16)11-22/h2-9,11,23H,10,21H2,1H3. The van der Waals surface area contributed by atoms with Crippen molar-refractivity contribution in [1.29, 1.82) is 0 Å². The molecule has 0 saturated carbocycles. The summed E-state index contributed by atoms with van der Waals surface area (Å²) in [5.41, 5.74) is 9.10. The predicted molar refractivity (Wildman–Crippen MR) is 94.6 cm³/mol. The van der Waals surface area contributed by atoms with Gasteiger partial charge in [-0.2, -0.15) is 0 Å². The molecule has 0 bridgehead atoms. The van der Waals surface area contributed by atoms with Crippen LogP contribution >= 0.6 is 0 Å². The second-order valence-corrected chi connectivity index (χ2v) is 5.71. The van der Waals surface area contributed by atoms with Gasteiger partial charge >= 0.3 is 0 Å². The number of benzene rings is 3. The van der Waals surface area contributed by atoms with Crippen molar-refractivity contribution in [3.05, 3.63) is 65.2 Å². The highest BCUT2D eigenvalue weighted by atomic mass is 16.3. The molecule has 0 atom stereocenters. The number of fused-ring (bicyclic) bond motifs is 1. The van der Waals surface area contributed by atoms with E-state index in [-0.39, 0.29) is 23.6 Å². The van der Waals surface area contributed by atoms with Gasteiger partial charge in [0.05, 0.1) is 12.1 Å². The van der Waals surface area contributed by atoms with Gasteiger partial charge in [0.15, 0.2) is 12.1 Å². The van der Waals surface area contributed by atoms with Crippen molar-refractivity contribution in [1.82, 2.24) is 0 Å². The van der Waals surface area contributed by atoms with E-state index >= 15 is 0 Å². The van der Waals surface area contributed by atoms with E-state index in [1.165, 1.54) is 6.07 Å². The molecule has 3 aromatic carbocycles. The van der Waals surface area contributed by atoms with Crippen LogP contribution in [0, 0.1) is 6.92 Å². The third-order valence-corrected chi connectivity index (χ3v) is 4.21. The number of hydrogen-bond donors (Lipinski definition) is 2. The number of aryl methyl sites for hydroxylation is 1. The number of phenols is 1. The van der Waals surface area contributed by atoms with E-state index in [9.17, 15) is 14.7 Å². The molecule has 24 heavy (non-hydrogen) atoms. The average Bonchev–Trinajstić information content (AvgIpc) is 2.61. The monoisotopic (exact) mass is 319 g/mol. The number of hydrogen-bond acceptors (Lipinski definition) is 4. The molecule has 0 aliphatic heterocycles. The Morgan fingerprint density at radius 2 is 1.79 bits per heavy atom. The van der Waals surface area contributed by atoms with Crippen molar-refractivity contribution in [2.75, 3.05) is 6.54 Å². The number of rotatable bonds is 4. The maximum atomic E-state index is 12.0. The zero-order valence-corrected chi connectivity index (χ0v) is 13.2. The van der Waals surface area contributed by atoms with Crippen molar-refractivity contribution in [3.8, 4) is 16.9 Å². The molecule has 0 radical (unpaired) electrons. The quantitative estimate of drug-likeness (QED) is 0.570. The van der Waals surface area contributed by atoms with Crippen LogP contribution in [0.4, 0.5) is 0 Å². The lowest BCUT2D eigenvalue weighted by Gasteiger charge is -2.10. The first kappa shape index (κ1) is 15.9. The highest BCUT2D eigenvalue weighted by molar-refractivity contribution is 6.03. The Bertz CT molecular complexity index is 961. The van der Waals surface area contributed by atoms with Crippen LogP contribution in [0.1, 0.15) is 26.3 Å². The summed E-state index contributed by atoms with van der Waals surface area (Å²) in [6, 6.07) is 14.6. The van der Waals surface area contributed by atoms with Gasteiger partial charge in [0, 0.05) is 5.56 Å². The van der Waals surface area contributed by atoms with E-state index in [1.54, 1.807) is 12.1 Å². The second-order valence-electron chi connectivity index (χ2n) is 5.71. The van der Waals surface area contributed by atoms with Crippen LogP contribution in [0.5, 0.6) is 5.75 Å². The van der Waals surface area contributed by atoms with E-state index < -0.39 is 0 Å². The Hall–Kier alpha value is -2.98. The van der Waals surface area contributed by atoms with E-state index in [0.29, 0.717) is 17.2 Å². The molecular formula is C20H17NO3. The number of carbonyl (C=O) groups is 2. The van der Waals surface area contributed by atoms with Gasteiger partial charge in [0.2, 0.25) is 0 Å². The maximum absolute atomic E-state index is 12.0. The smallest absolute Gasteiger partial charge is 0.176 e. The molecular weight excluding hydrogens is 302 g/mol. The Labute approximate surface area is 139 Å². The van der Waals surface area contributed by atoms with Crippen molar-refractivity contribution in [2.24, 2.45) is 5.73 Å². The molecule has 120 valence electrons. The first-order chi connectivity index (χ1) is 11.5. The SMILES string of the molecule is Cc1ccc(-c2ccc3c(C=O)c(O)ccc3c2)cc1C(=O)CN. The molecule has 0 aliphatic rings. The molecule has 3 rings (SSSR count). The van der Waals surface area contributed by atoms with Gasteiger partial charge in [0.25, 0.3) is 0 Å². The zero-order chi connectivity index (χ0) is 17.3. The topological polar surface area (TPSA) is 80.4 Å². The summed E-state index contributed by atoms with van der Waals surface area (Å²) in [6.45, 7) is 1.86. The first-order valence-corrected chi connectivity index (χ1v) is 7.60. The van der Waals surface area contributed by atoms with Crippen LogP contribution in [-0.2, 0) is 0 Å². The summed E-state index contributed by atoms with van der Waals surface area (Å²) < 4.78 is 0. The lowest BCUT2D eigenvalue weighted by Crippen LogP contribution is -2.14. The number of Topliss-reactive ketones (excluding diaryl/α,β-unsaturated/α-hetero) is 1. The van der Waals surface area contributed by atoms with Crippen molar-refractivity contribution in [3.63, 3.8) is 0 Å². The molecule has 0 amide bonds. The predicted octanol–water partition coefficient (Wildman–Crippen LogP) is 3.47. The van der Waals surface area contributed by atoms with Crippen molar-refractivity contribution in [2.45, 2.75) is 6.92 Å². The number of aromatic hydroxyl groups is 1. The van der Waals surface area contributed by atoms with E-state index in [4.69, 9.17) is 5.73 Å². The van der Waals surface area contributed by atoms with Crippen LogP contribution in [-0.4, -0.2) is 23.7 Å². The largest absolute Gasteiger partial charge is 0.507 e. The highest BCUT2D eigenvalue weighted by Gasteiger charge is 2.11. The molecule has 0 unspecified atom stereocenters. The molecule has 3 N–H and O–H groups in total. The summed E-state index contributed by atoms with van der Waals surface area (Å²) in [6.07, 6.45) is 0.654. The van der Waals surface area contributed by atoms with E-state index in [1.807, 2.05) is 37.3 Å². The fourth-order valence-electron chi connectivity index (χ4n) is 2.86. The molecule has 0 fully saturated rings. The third kappa shape index (κ3) is 2.68. The Balaban J connectivity index is 2.15. The van der Waals surface area contributed by atoms with E-state index in [2.05, 4.69) is 0 Å². The minimum atomic E-state index is -0.0942. The second kappa shape index (κ2) is 6.26. The van der Waals surface area contributed by atoms with Crippen LogP contribution in [0.2, 0.25) is 0 Å². The summed E-state index contributed by atoms with van der Waals surface area (Å²) in [7, 11) is 0. The summed E-state index contributed by atoms with van der Waals surface area (Å²) >= 11 is 0. The zero-order valence-electron chi connectivity index (χ0n) is 13.2. The van der Waals surface area contributed by atoms with Crippen molar-refractivity contribution >= 4 is 22.8 Å². The summed E-state index contributed by atoms with van der Waals surface area (Å²) in [4.78, 5) is 23.1. The van der Waals surface area contributed by atoms with Crippen molar-refractivity contribution < 1.29 is 14.7 Å². The molecule has 0 saturated heterocycles. The molecule has 4 heteroatoms. The molecule has 4 nitrogen and oxygen atoms in total. The Morgan fingerprint density at radius 1 is 1.08 bits per heavy atom. The van der Waals surface area contributed by atoms with Crippen LogP contribution in [0.15, 0.2) is 48.5 Å². The minimum Gasteiger partial charge on any atom is -0.507 e. The van der Waals surface area contributed by atoms with Crippen LogP contribution in [0.3, 0.4) is 0 Å². The average molecular weight is 319 g/mol. The molecule has 0 aromatic heterocycles. The Morgan fingerprint density at radius 3 is 2.50 bits per heavy atom. The fraction of sp³-hybridized carbons (Fsp3) is 0.100. The normalized spacial score (nSPS) is 10.8. The number of aldehydes is 1. The van der Waals surface area contributed by atoms with Gasteiger partial charge in [0.1, 0.15) is 5.75 Å². The molecule has 0 spiro atoms. The minimum absolute atomic E-state index is 0.0238. The van der Waals surface area contributed by atoms with Crippen LogP contribution in [0.25, 0.3) is 21.9 Å². The first-order valence-electron chi connectivity index (χ1n) is 7.60. The molecule has 0 aliphatic carbocycles. The van der Waals surface area contributed by atoms with Crippen LogP contribution < -0.4 is 5.73 Å².